The number of nitrogens with zero attached hydrogens (tertiary/aromatic N) is 1. The summed E-state index contributed by atoms with van der Waals surface area (Å²) in [4.78, 5) is 14.1. The van der Waals surface area contributed by atoms with Crippen LogP contribution in [0, 0.1) is 5.82 Å². The normalized spacial score (nSPS) is 16.6. The summed E-state index contributed by atoms with van der Waals surface area (Å²) < 4.78 is 18.9. The lowest BCUT2D eigenvalue weighted by molar-refractivity contribution is 0.0713. The minimum absolute atomic E-state index is 0.123. The van der Waals surface area contributed by atoms with Gasteiger partial charge in [-0.2, -0.15) is 0 Å². The van der Waals surface area contributed by atoms with E-state index in [0.717, 1.165) is 25.7 Å². The summed E-state index contributed by atoms with van der Waals surface area (Å²) in [7, 11) is 3.26. The average Bonchev–Trinajstić information content (AvgIpc) is 2.74. The Kier molecular flexibility index (Phi) is 4.99. The van der Waals surface area contributed by atoms with Crippen molar-refractivity contribution in [2.45, 2.75) is 44.6 Å². The fraction of sp³-hybridized carbons (Fsp3) is 0.562. The highest BCUT2D eigenvalue weighted by Crippen LogP contribution is 2.24. The number of hydrogen-bond acceptors (Lipinski definition) is 2. The first-order valence-electron chi connectivity index (χ1n) is 7.24. The molecule has 110 valence electrons. The van der Waals surface area contributed by atoms with Crippen LogP contribution >= 0.6 is 0 Å². The Morgan fingerprint density at radius 1 is 1.25 bits per heavy atom. The monoisotopic (exact) mass is 279 g/mol. The molecule has 0 radical (unpaired) electrons. The fourth-order valence-corrected chi connectivity index (χ4v) is 2.80. The first kappa shape index (κ1) is 14.8. The van der Waals surface area contributed by atoms with Crippen LogP contribution in [0.5, 0.6) is 5.75 Å². The van der Waals surface area contributed by atoms with Gasteiger partial charge in [0.1, 0.15) is 11.6 Å². The van der Waals surface area contributed by atoms with Crippen molar-refractivity contribution in [3.8, 4) is 5.75 Å². The molecule has 1 aromatic carbocycles. The molecule has 0 aliphatic heterocycles. The summed E-state index contributed by atoms with van der Waals surface area (Å²) in [6, 6.07) is 4.61. The molecule has 3 nitrogen and oxygen atoms in total. The van der Waals surface area contributed by atoms with Crippen molar-refractivity contribution in [1.29, 1.82) is 0 Å². The zero-order valence-electron chi connectivity index (χ0n) is 12.2. The van der Waals surface area contributed by atoms with Crippen LogP contribution in [0.4, 0.5) is 4.39 Å². The van der Waals surface area contributed by atoms with Gasteiger partial charge in [-0.3, -0.25) is 4.79 Å². The van der Waals surface area contributed by atoms with Crippen LogP contribution in [0.1, 0.15) is 48.9 Å². The summed E-state index contributed by atoms with van der Waals surface area (Å²) in [5.41, 5.74) is 0.123. The highest BCUT2D eigenvalue weighted by molar-refractivity contribution is 5.94. The summed E-state index contributed by atoms with van der Waals surface area (Å²) in [6.07, 6.45) is 6.78. The molecule has 0 saturated heterocycles. The SMILES string of the molecule is COc1ccc(C(=O)N(C)C2CCCCCC2)c(F)c1. The van der Waals surface area contributed by atoms with Crippen molar-refractivity contribution in [3.63, 3.8) is 0 Å². The predicted molar refractivity (Wildman–Crippen MR) is 76.5 cm³/mol. The predicted octanol–water partition coefficient (Wildman–Crippen LogP) is 3.63. The van der Waals surface area contributed by atoms with Gasteiger partial charge in [-0.15, -0.1) is 0 Å². The highest BCUT2D eigenvalue weighted by Gasteiger charge is 2.24. The van der Waals surface area contributed by atoms with Gasteiger partial charge in [0, 0.05) is 19.2 Å². The van der Waals surface area contributed by atoms with E-state index in [-0.39, 0.29) is 17.5 Å². The molecule has 0 spiro atoms. The standard InChI is InChI=1S/C16H22FNO2/c1-18(12-7-5-3-4-6-8-12)16(19)14-10-9-13(20-2)11-15(14)17/h9-12H,3-8H2,1-2H3. The van der Waals surface area contributed by atoms with Crippen LogP contribution in [0.15, 0.2) is 18.2 Å². The number of carbonyl (C=O) groups excluding carboxylic acids is 1. The van der Waals surface area contributed by atoms with E-state index in [0.29, 0.717) is 5.75 Å². The van der Waals surface area contributed by atoms with E-state index < -0.39 is 5.82 Å². The fourth-order valence-electron chi connectivity index (χ4n) is 2.80. The van der Waals surface area contributed by atoms with Crippen LogP contribution in [0.3, 0.4) is 0 Å². The minimum atomic E-state index is -0.519. The van der Waals surface area contributed by atoms with Gasteiger partial charge < -0.3 is 9.64 Å². The third-order valence-corrected chi connectivity index (χ3v) is 4.10. The molecule has 1 aliphatic carbocycles. The molecule has 1 saturated carbocycles. The van der Waals surface area contributed by atoms with E-state index >= 15 is 0 Å². The molecule has 2 rings (SSSR count). The summed E-state index contributed by atoms with van der Waals surface area (Å²) >= 11 is 0. The summed E-state index contributed by atoms with van der Waals surface area (Å²) in [5, 5.41) is 0. The Morgan fingerprint density at radius 2 is 1.90 bits per heavy atom. The third-order valence-electron chi connectivity index (χ3n) is 4.10. The number of hydrogen-bond donors (Lipinski definition) is 0. The molecule has 0 atom stereocenters. The molecule has 20 heavy (non-hydrogen) atoms. The summed E-state index contributed by atoms with van der Waals surface area (Å²) in [5.74, 6) is -0.331. The first-order valence-corrected chi connectivity index (χ1v) is 7.24. The topological polar surface area (TPSA) is 29.5 Å². The van der Waals surface area contributed by atoms with Crippen LogP contribution in [-0.2, 0) is 0 Å². The molecular weight excluding hydrogens is 257 g/mol. The Bertz CT molecular complexity index is 468. The number of carbonyl (C=O) groups is 1. The quantitative estimate of drug-likeness (QED) is 0.791. The van der Waals surface area contributed by atoms with E-state index in [4.69, 9.17) is 4.74 Å². The maximum Gasteiger partial charge on any atom is 0.256 e. The van der Waals surface area contributed by atoms with Crippen molar-refractivity contribution in [3.05, 3.63) is 29.6 Å². The van der Waals surface area contributed by atoms with Gasteiger partial charge >= 0.3 is 0 Å². The molecular formula is C16H22FNO2. The van der Waals surface area contributed by atoms with E-state index in [9.17, 15) is 9.18 Å². The van der Waals surface area contributed by atoms with Crippen LogP contribution in [-0.4, -0.2) is 31.0 Å². The molecule has 1 fully saturated rings. The Balaban J connectivity index is 2.13. The molecule has 0 heterocycles. The second kappa shape index (κ2) is 6.73. The maximum absolute atomic E-state index is 14.0. The molecule has 1 amide bonds. The van der Waals surface area contributed by atoms with Gasteiger partial charge in [0.05, 0.1) is 12.7 Å². The zero-order valence-corrected chi connectivity index (χ0v) is 12.2. The number of amides is 1. The third kappa shape index (κ3) is 3.30. The molecule has 0 N–H and O–H groups in total. The molecule has 0 unspecified atom stereocenters. The number of ether oxygens (including phenoxy) is 1. The van der Waals surface area contributed by atoms with Gasteiger partial charge in [-0.05, 0) is 25.0 Å². The smallest absolute Gasteiger partial charge is 0.256 e. The largest absolute Gasteiger partial charge is 0.497 e. The lowest BCUT2D eigenvalue weighted by Gasteiger charge is -2.27. The van der Waals surface area contributed by atoms with E-state index in [1.54, 1.807) is 18.0 Å². The Hall–Kier alpha value is -1.58. The zero-order chi connectivity index (χ0) is 14.5. The number of benzene rings is 1. The molecule has 0 bridgehead atoms. The van der Waals surface area contributed by atoms with Crippen molar-refractivity contribution < 1.29 is 13.9 Å². The molecule has 1 aromatic rings. The molecule has 0 aromatic heterocycles. The lowest BCUT2D eigenvalue weighted by Crippen LogP contribution is -2.37. The van der Waals surface area contributed by atoms with Gasteiger partial charge in [-0.25, -0.2) is 4.39 Å². The lowest BCUT2D eigenvalue weighted by atomic mass is 10.1. The number of halogens is 1. The Morgan fingerprint density at radius 3 is 2.45 bits per heavy atom. The van der Waals surface area contributed by atoms with Crippen molar-refractivity contribution in [1.82, 2.24) is 4.90 Å². The van der Waals surface area contributed by atoms with Gasteiger partial charge in [0.2, 0.25) is 0 Å². The second-order valence-corrected chi connectivity index (χ2v) is 5.41. The Labute approximate surface area is 119 Å². The molecule has 1 aliphatic rings. The van der Waals surface area contributed by atoms with Crippen molar-refractivity contribution >= 4 is 5.91 Å². The first-order chi connectivity index (χ1) is 9.63. The van der Waals surface area contributed by atoms with E-state index in [2.05, 4.69) is 0 Å². The average molecular weight is 279 g/mol. The van der Waals surface area contributed by atoms with Gasteiger partial charge in [0.15, 0.2) is 0 Å². The van der Waals surface area contributed by atoms with Gasteiger partial charge in [-0.1, -0.05) is 25.7 Å². The van der Waals surface area contributed by atoms with Crippen molar-refractivity contribution in [2.75, 3.05) is 14.2 Å². The number of rotatable bonds is 3. The van der Waals surface area contributed by atoms with E-state index in [1.807, 2.05) is 0 Å². The van der Waals surface area contributed by atoms with Crippen LogP contribution in [0.25, 0.3) is 0 Å². The second-order valence-electron chi connectivity index (χ2n) is 5.41. The summed E-state index contributed by atoms with van der Waals surface area (Å²) in [6.45, 7) is 0. The number of methoxy groups -OCH3 is 1. The maximum atomic E-state index is 14.0. The minimum Gasteiger partial charge on any atom is -0.497 e. The van der Waals surface area contributed by atoms with E-state index in [1.165, 1.54) is 32.1 Å². The van der Waals surface area contributed by atoms with Crippen LogP contribution in [0.2, 0.25) is 0 Å². The highest BCUT2D eigenvalue weighted by atomic mass is 19.1. The van der Waals surface area contributed by atoms with Gasteiger partial charge in [0.25, 0.3) is 5.91 Å². The van der Waals surface area contributed by atoms with Crippen molar-refractivity contribution in [2.24, 2.45) is 0 Å². The molecule has 4 heteroatoms. The van der Waals surface area contributed by atoms with Crippen LogP contribution < -0.4 is 4.74 Å².